The third kappa shape index (κ3) is 3.87. The molecule has 0 bridgehead atoms. The van der Waals surface area contributed by atoms with E-state index in [2.05, 4.69) is 4.98 Å². The molecule has 0 N–H and O–H groups in total. The molecule has 0 saturated heterocycles. The molecule has 1 aliphatic rings. The van der Waals surface area contributed by atoms with E-state index in [4.69, 9.17) is 0 Å². The van der Waals surface area contributed by atoms with Crippen molar-refractivity contribution in [2.45, 2.75) is 25.3 Å². The minimum Gasteiger partial charge on any atom is -0.269 e. The Hall–Kier alpha value is -3.18. The Bertz CT molecular complexity index is 1110. The lowest BCUT2D eigenvalue weighted by atomic mass is 10.0. The first-order valence-electron chi connectivity index (χ1n) is 9.34. The van der Waals surface area contributed by atoms with Crippen molar-refractivity contribution < 1.29 is 9.59 Å². The Kier molecular flexibility index (Phi) is 5.32. The van der Waals surface area contributed by atoms with Crippen LogP contribution in [0, 0.1) is 13.8 Å². The lowest BCUT2D eigenvalue weighted by Crippen LogP contribution is -2.30. The van der Waals surface area contributed by atoms with Crippen LogP contribution in [-0.2, 0) is 16.1 Å². The quantitative estimate of drug-likeness (QED) is 0.579. The number of carbonyl (C=O) groups excluding carboxylic acids is 2. The third-order valence-corrected chi connectivity index (χ3v) is 6.06. The van der Waals surface area contributed by atoms with Crippen molar-refractivity contribution in [3.8, 4) is 0 Å². The molecule has 0 spiro atoms. The molecule has 144 valence electrons. The van der Waals surface area contributed by atoms with Crippen LogP contribution in [0.25, 0.3) is 5.57 Å². The van der Waals surface area contributed by atoms with Crippen LogP contribution < -0.4 is 0 Å². The monoisotopic (exact) mass is 400 g/mol. The van der Waals surface area contributed by atoms with Crippen LogP contribution in [0.5, 0.6) is 0 Å². The Morgan fingerprint density at radius 3 is 2.28 bits per heavy atom. The van der Waals surface area contributed by atoms with E-state index in [0.717, 1.165) is 27.1 Å². The summed E-state index contributed by atoms with van der Waals surface area (Å²) in [6, 6.07) is 19.2. The second-order valence-electron chi connectivity index (χ2n) is 6.97. The summed E-state index contributed by atoms with van der Waals surface area (Å²) in [7, 11) is 0. The van der Waals surface area contributed by atoms with Crippen molar-refractivity contribution in [3.05, 3.63) is 100 Å². The molecular weight excluding hydrogens is 380 g/mol. The summed E-state index contributed by atoms with van der Waals surface area (Å²) >= 11 is 1.35. The Labute approximate surface area is 174 Å². The highest BCUT2D eigenvalue weighted by atomic mass is 32.2. The second kappa shape index (κ2) is 8.05. The average molecular weight is 401 g/mol. The van der Waals surface area contributed by atoms with Crippen molar-refractivity contribution in [1.29, 1.82) is 0 Å². The maximum atomic E-state index is 13.3. The van der Waals surface area contributed by atoms with Gasteiger partial charge in [0.15, 0.2) is 0 Å². The first kappa shape index (κ1) is 19.2. The van der Waals surface area contributed by atoms with Crippen LogP contribution in [0.15, 0.2) is 82.9 Å². The summed E-state index contributed by atoms with van der Waals surface area (Å²) in [4.78, 5) is 33.3. The number of carbonyl (C=O) groups is 2. The molecule has 2 amide bonds. The molecule has 1 aliphatic heterocycles. The van der Waals surface area contributed by atoms with E-state index in [1.165, 1.54) is 16.7 Å². The van der Waals surface area contributed by atoms with Crippen LogP contribution >= 0.6 is 11.8 Å². The molecule has 0 fully saturated rings. The Morgan fingerprint density at radius 1 is 0.862 bits per heavy atom. The van der Waals surface area contributed by atoms with Gasteiger partial charge >= 0.3 is 0 Å². The number of nitrogens with zero attached hydrogens (tertiary/aromatic N) is 2. The fraction of sp³-hybridized carbons (Fsp3) is 0.125. The topological polar surface area (TPSA) is 50.3 Å². The van der Waals surface area contributed by atoms with Crippen LogP contribution in [-0.4, -0.2) is 21.7 Å². The Morgan fingerprint density at radius 2 is 1.59 bits per heavy atom. The van der Waals surface area contributed by atoms with Gasteiger partial charge in [0.05, 0.1) is 17.0 Å². The van der Waals surface area contributed by atoms with Crippen molar-refractivity contribution in [3.63, 3.8) is 0 Å². The molecule has 0 aliphatic carbocycles. The van der Waals surface area contributed by atoms with Gasteiger partial charge in [-0.15, -0.1) is 0 Å². The number of aryl methyl sites for hydroxylation is 2. The molecule has 2 heterocycles. The first-order valence-corrected chi connectivity index (χ1v) is 10.2. The molecule has 0 saturated carbocycles. The largest absolute Gasteiger partial charge is 0.269 e. The number of amides is 2. The fourth-order valence-electron chi connectivity index (χ4n) is 3.22. The summed E-state index contributed by atoms with van der Waals surface area (Å²) in [5.74, 6) is -0.512. The maximum absolute atomic E-state index is 13.3. The zero-order valence-electron chi connectivity index (χ0n) is 16.3. The number of thioether (sulfide) groups is 1. The smallest absolute Gasteiger partial charge is 0.268 e. The van der Waals surface area contributed by atoms with E-state index in [1.54, 1.807) is 12.4 Å². The van der Waals surface area contributed by atoms with Crippen LogP contribution in [0.2, 0.25) is 0 Å². The molecule has 1 aromatic heterocycles. The van der Waals surface area contributed by atoms with Gasteiger partial charge in [0.1, 0.15) is 0 Å². The lowest BCUT2D eigenvalue weighted by molar-refractivity contribution is -0.137. The highest BCUT2D eigenvalue weighted by Gasteiger charge is 2.39. The summed E-state index contributed by atoms with van der Waals surface area (Å²) in [6.45, 7) is 4.28. The molecule has 3 aromatic rings. The SMILES string of the molecule is Cc1ccc(C2=C(Sc3ccccc3)C(=O)N(Cc3ccncc3)C2=O)cc1C. The van der Waals surface area contributed by atoms with E-state index in [1.807, 2.05) is 74.5 Å². The number of imide groups is 1. The van der Waals surface area contributed by atoms with Gasteiger partial charge in [0.25, 0.3) is 11.8 Å². The van der Waals surface area contributed by atoms with Crippen LogP contribution in [0.1, 0.15) is 22.3 Å². The standard InChI is InChI=1S/C24H20N2O2S/c1-16-8-9-19(14-17(16)2)21-22(29-20-6-4-3-5-7-20)24(28)26(23(21)27)15-18-10-12-25-13-11-18/h3-14H,15H2,1-2H3. The van der Waals surface area contributed by atoms with Crippen LogP contribution in [0.4, 0.5) is 0 Å². The van der Waals surface area contributed by atoms with E-state index >= 15 is 0 Å². The molecular formula is C24H20N2O2S. The zero-order chi connectivity index (χ0) is 20.4. The van der Waals surface area contributed by atoms with Gasteiger partial charge in [-0.1, -0.05) is 48.2 Å². The number of benzene rings is 2. The van der Waals surface area contributed by atoms with Gasteiger partial charge < -0.3 is 0 Å². The number of aromatic nitrogens is 1. The lowest BCUT2D eigenvalue weighted by Gasteiger charge is -2.15. The van der Waals surface area contributed by atoms with Crippen molar-refractivity contribution in [2.75, 3.05) is 0 Å². The van der Waals surface area contributed by atoms with Gasteiger partial charge in [0.2, 0.25) is 0 Å². The minimum absolute atomic E-state index is 0.230. The second-order valence-corrected chi connectivity index (χ2v) is 8.05. The normalized spacial score (nSPS) is 14.1. The molecule has 2 aromatic carbocycles. The van der Waals surface area contributed by atoms with Gasteiger partial charge in [-0.2, -0.15) is 0 Å². The predicted molar refractivity (Wildman–Crippen MR) is 115 cm³/mol. The molecule has 0 unspecified atom stereocenters. The van der Waals surface area contributed by atoms with Gasteiger partial charge in [-0.25, -0.2) is 0 Å². The summed E-state index contributed by atoms with van der Waals surface area (Å²) < 4.78 is 0. The van der Waals surface area contributed by atoms with Crippen LogP contribution in [0.3, 0.4) is 0 Å². The minimum atomic E-state index is -0.256. The molecule has 4 nitrogen and oxygen atoms in total. The van der Waals surface area contributed by atoms with Crippen molar-refractivity contribution in [2.24, 2.45) is 0 Å². The molecule has 4 rings (SSSR count). The zero-order valence-corrected chi connectivity index (χ0v) is 17.1. The number of hydrogen-bond donors (Lipinski definition) is 0. The summed E-state index contributed by atoms with van der Waals surface area (Å²) in [6.07, 6.45) is 3.33. The van der Waals surface area contributed by atoms with Gasteiger partial charge in [0, 0.05) is 17.3 Å². The highest BCUT2D eigenvalue weighted by Crippen LogP contribution is 2.40. The van der Waals surface area contributed by atoms with E-state index in [0.29, 0.717) is 10.5 Å². The van der Waals surface area contributed by atoms with Crippen molar-refractivity contribution >= 4 is 29.1 Å². The van der Waals surface area contributed by atoms with Gasteiger partial charge in [-0.05, 0) is 60.4 Å². The molecule has 5 heteroatoms. The van der Waals surface area contributed by atoms with E-state index < -0.39 is 0 Å². The number of rotatable bonds is 5. The number of pyridine rings is 1. The summed E-state index contributed by atoms with van der Waals surface area (Å²) in [5.41, 5.74) is 4.36. The number of hydrogen-bond acceptors (Lipinski definition) is 4. The maximum Gasteiger partial charge on any atom is 0.268 e. The third-order valence-electron chi connectivity index (χ3n) is 4.97. The summed E-state index contributed by atoms with van der Waals surface area (Å²) in [5, 5.41) is 0. The highest BCUT2D eigenvalue weighted by molar-refractivity contribution is 8.04. The first-order chi connectivity index (χ1) is 14.0. The molecule has 0 atom stereocenters. The fourth-order valence-corrected chi connectivity index (χ4v) is 4.25. The predicted octanol–water partition coefficient (Wildman–Crippen LogP) is 4.77. The van der Waals surface area contributed by atoms with E-state index in [-0.39, 0.29) is 18.4 Å². The molecule has 29 heavy (non-hydrogen) atoms. The average Bonchev–Trinajstić information content (AvgIpc) is 2.96. The van der Waals surface area contributed by atoms with Gasteiger partial charge in [-0.3, -0.25) is 19.5 Å². The van der Waals surface area contributed by atoms with Crippen molar-refractivity contribution in [1.82, 2.24) is 9.88 Å². The van der Waals surface area contributed by atoms with E-state index in [9.17, 15) is 9.59 Å². The Balaban J connectivity index is 1.77. The molecule has 0 radical (unpaired) electrons.